The largest absolute Gasteiger partial charge is 0.508 e. The zero-order valence-corrected chi connectivity index (χ0v) is 15.7. The molecule has 0 amide bonds. The Hall–Kier alpha value is -3.11. The van der Waals surface area contributed by atoms with Crippen LogP contribution < -0.4 is 4.74 Å². The summed E-state index contributed by atoms with van der Waals surface area (Å²) in [6.45, 7) is -0.390. The van der Waals surface area contributed by atoms with Crippen molar-refractivity contribution in [2.24, 2.45) is 0 Å². The molecule has 0 bridgehead atoms. The fourth-order valence-corrected chi connectivity index (χ4v) is 2.77. The molecular weight excluding hydrogens is 396 g/mol. The number of benzene rings is 2. The van der Waals surface area contributed by atoms with E-state index in [0.717, 1.165) is 6.08 Å². The third-order valence-corrected chi connectivity index (χ3v) is 4.45. The second-order valence-corrected chi connectivity index (χ2v) is 6.68. The SMILES string of the molecule is O=C(/C=C/c1ccc(O)cc1)OC[C@H]1O[C@@H](Oc2ccc(O)cc2)[C@H](O)[C@@H](O)[C@@H]1O. The van der Waals surface area contributed by atoms with Crippen LogP contribution in [-0.2, 0) is 14.3 Å². The predicted molar refractivity (Wildman–Crippen MR) is 104 cm³/mol. The number of carbonyl (C=O) groups is 1. The van der Waals surface area contributed by atoms with Crippen molar-refractivity contribution in [2.75, 3.05) is 6.61 Å². The van der Waals surface area contributed by atoms with Gasteiger partial charge in [-0.3, -0.25) is 0 Å². The summed E-state index contributed by atoms with van der Waals surface area (Å²) in [6, 6.07) is 11.8. The number of hydrogen-bond donors (Lipinski definition) is 5. The van der Waals surface area contributed by atoms with Gasteiger partial charge in [-0.2, -0.15) is 0 Å². The number of aliphatic hydroxyl groups is 3. The number of carbonyl (C=O) groups excluding carboxylic acids is 1. The Balaban J connectivity index is 1.57. The summed E-state index contributed by atoms with van der Waals surface area (Å²) < 4.78 is 16.0. The van der Waals surface area contributed by atoms with Gasteiger partial charge in [-0.25, -0.2) is 4.79 Å². The van der Waals surface area contributed by atoms with Crippen LogP contribution in [0.5, 0.6) is 17.2 Å². The molecule has 9 nitrogen and oxygen atoms in total. The average Bonchev–Trinajstić information content (AvgIpc) is 2.74. The monoisotopic (exact) mass is 418 g/mol. The van der Waals surface area contributed by atoms with Crippen molar-refractivity contribution in [1.29, 1.82) is 0 Å². The van der Waals surface area contributed by atoms with E-state index in [1.54, 1.807) is 12.1 Å². The second-order valence-electron chi connectivity index (χ2n) is 6.68. The van der Waals surface area contributed by atoms with Crippen LogP contribution in [0.1, 0.15) is 5.56 Å². The van der Waals surface area contributed by atoms with Gasteiger partial charge in [-0.05, 0) is 48.0 Å². The van der Waals surface area contributed by atoms with Crippen molar-refractivity contribution >= 4 is 12.0 Å². The van der Waals surface area contributed by atoms with Crippen LogP contribution in [0.3, 0.4) is 0 Å². The lowest BCUT2D eigenvalue weighted by Gasteiger charge is -2.39. The van der Waals surface area contributed by atoms with Gasteiger partial charge in [-0.1, -0.05) is 12.1 Å². The van der Waals surface area contributed by atoms with Gasteiger partial charge >= 0.3 is 5.97 Å². The van der Waals surface area contributed by atoms with Gasteiger partial charge in [0.15, 0.2) is 0 Å². The second kappa shape index (κ2) is 9.59. The van der Waals surface area contributed by atoms with Crippen LogP contribution in [0.2, 0.25) is 0 Å². The average molecular weight is 418 g/mol. The standard InChI is InChI=1S/C21H22O9/c22-13-4-1-12(2-5-13)3-10-17(24)28-11-16-18(25)19(26)20(27)21(30-16)29-15-8-6-14(23)7-9-15/h1-10,16,18-23,25-27H,11H2/b10-3+/t16-,18-,19+,20-,21-/m1/s1. The molecule has 1 aliphatic rings. The number of phenolic OH excluding ortho intramolecular Hbond substituents is 2. The number of rotatable bonds is 6. The molecule has 0 unspecified atom stereocenters. The predicted octanol–water partition coefficient (Wildman–Crippen LogP) is 0.541. The highest BCUT2D eigenvalue weighted by Crippen LogP contribution is 2.25. The van der Waals surface area contributed by atoms with Crippen LogP contribution in [0.4, 0.5) is 0 Å². The van der Waals surface area contributed by atoms with Crippen molar-refractivity contribution in [3.8, 4) is 17.2 Å². The van der Waals surface area contributed by atoms with E-state index in [2.05, 4.69) is 0 Å². The molecule has 1 fully saturated rings. The number of esters is 1. The Bertz CT molecular complexity index is 863. The molecule has 5 N–H and O–H groups in total. The molecule has 2 aromatic rings. The molecule has 0 aromatic heterocycles. The molecule has 0 spiro atoms. The summed E-state index contributed by atoms with van der Waals surface area (Å²) in [4.78, 5) is 11.9. The van der Waals surface area contributed by atoms with Gasteiger partial charge in [0.1, 0.15) is 48.3 Å². The van der Waals surface area contributed by atoms with E-state index in [1.807, 2.05) is 0 Å². The molecule has 3 rings (SSSR count). The molecule has 160 valence electrons. The lowest BCUT2D eigenvalue weighted by Crippen LogP contribution is -2.60. The number of aliphatic hydroxyl groups excluding tert-OH is 3. The zero-order chi connectivity index (χ0) is 21.7. The maximum atomic E-state index is 11.9. The quantitative estimate of drug-likeness (QED) is 0.335. The van der Waals surface area contributed by atoms with Crippen molar-refractivity contribution in [3.05, 3.63) is 60.2 Å². The third-order valence-electron chi connectivity index (χ3n) is 4.45. The Morgan fingerprint density at radius 2 is 1.50 bits per heavy atom. The van der Waals surface area contributed by atoms with E-state index < -0.39 is 36.7 Å². The maximum absolute atomic E-state index is 11.9. The van der Waals surface area contributed by atoms with Gasteiger partial charge in [-0.15, -0.1) is 0 Å². The number of hydrogen-bond acceptors (Lipinski definition) is 9. The molecule has 5 atom stereocenters. The summed E-state index contributed by atoms with van der Waals surface area (Å²) in [6.07, 6.45) is -4.46. The minimum absolute atomic E-state index is 0.0214. The summed E-state index contributed by atoms with van der Waals surface area (Å²) in [5.74, 6) is -0.334. The van der Waals surface area contributed by atoms with Gasteiger partial charge in [0.05, 0.1) is 0 Å². The van der Waals surface area contributed by atoms with Crippen molar-refractivity contribution in [1.82, 2.24) is 0 Å². The summed E-state index contributed by atoms with van der Waals surface area (Å²) >= 11 is 0. The maximum Gasteiger partial charge on any atom is 0.330 e. The van der Waals surface area contributed by atoms with E-state index in [1.165, 1.54) is 42.5 Å². The Labute approximate surface area is 172 Å². The van der Waals surface area contributed by atoms with Gasteiger partial charge in [0, 0.05) is 6.08 Å². The van der Waals surface area contributed by atoms with Gasteiger partial charge in [0.2, 0.25) is 6.29 Å². The van der Waals surface area contributed by atoms with Crippen LogP contribution >= 0.6 is 0 Å². The normalized spacial score (nSPS) is 26.4. The minimum atomic E-state index is -1.59. The Morgan fingerprint density at radius 1 is 0.900 bits per heavy atom. The topological polar surface area (TPSA) is 146 Å². The van der Waals surface area contributed by atoms with Crippen LogP contribution in [0.15, 0.2) is 54.6 Å². The van der Waals surface area contributed by atoms with E-state index in [-0.39, 0.29) is 23.9 Å². The Kier molecular flexibility index (Phi) is 6.91. The number of aromatic hydroxyl groups is 2. The molecule has 1 saturated heterocycles. The van der Waals surface area contributed by atoms with Crippen LogP contribution in [0.25, 0.3) is 6.08 Å². The molecule has 2 aromatic carbocycles. The van der Waals surface area contributed by atoms with Gasteiger partial charge in [0.25, 0.3) is 0 Å². The van der Waals surface area contributed by atoms with E-state index >= 15 is 0 Å². The van der Waals surface area contributed by atoms with Crippen molar-refractivity contribution in [2.45, 2.75) is 30.7 Å². The first-order valence-corrected chi connectivity index (χ1v) is 9.12. The molecule has 0 saturated carbocycles. The summed E-state index contributed by atoms with van der Waals surface area (Å²) in [7, 11) is 0. The number of phenols is 2. The highest BCUT2D eigenvalue weighted by Gasteiger charge is 2.45. The molecule has 1 aliphatic heterocycles. The first-order chi connectivity index (χ1) is 14.3. The lowest BCUT2D eigenvalue weighted by molar-refractivity contribution is -0.278. The summed E-state index contributed by atoms with van der Waals surface area (Å²) in [5.41, 5.74) is 0.666. The van der Waals surface area contributed by atoms with Crippen LogP contribution in [-0.4, -0.2) is 68.8 Å². The van der Waals surface area contributed by atoms with E-state index in [4.69, 9.17) is 14.2 Å². The fraction of sp³-hybridized carbons (Fsp3) is 0.286. The first-order valence-electron chi connectivity index (χ1n) is 9.12. The molecular formula is C21H22O9. The highest BCUT2D eigenvalue weighted by molar-refractivity contribution is 5.87. The smallest absolute Gasteiger partial charge is 0.330 e. The number of ether oxygens (including phenoxy) is 3. The van der Waals surface area contributed by atoms with E-state index in [9.17, 15) is 30.3 Å². The fourth-order valence-electron chi connectivity index (χ4n) is 2.77. The van der Waals surface area contributed by atoms with Crippen molar-refractivity contribution < 1.29 is 44.5 Å². The minimum Gasteiger partial charge on any atom is -0.508 e. The van der Waals surface area contributed by atoms with Gasteiger partial charge < -0.3 is 39.7 Å². The highest BCUT2D eigenvalue weighted by atomic mass is 16.7. The van der Waals surface area contributed by atoms with Crippen molar-refractivity contribution in [3.63, 3.8) is 0 Å². The molecule has 9 heteroatoms. The summed E-state index contributed by atoms with van der Waals surface area (Å²) in [5, 5.41) is 48.8. The zero-order valence-electron chi connectivity index (χ0n) is 15.7. The van der Waals surface area contributed by atoms with E-state index in [0.29, 0.717) is 5.56 Å². The van der Waals surface area contributed by atoms with Crippen LogP contribution in [0, 0.1) is 0 Å². The molecule has 30 heavy (non-hydrogen) atoms. The lowest BCUT2D eigenvalue weighted by atomic mass is 9.99. The molecule has 0 radical (unpaired) electrons. The third kappa shape index (κ3) is 5.49. The first kappa shape index (κ1) is 21.6. The molecule has 1 heterocycles. The Morgan fingerprint density at radius 3 is 2.13 bits per heavy atom. The molecule has 0 aliphatic carbocycles.